The molecule has 0 saturated heterocycles. The van der Waals surface area contributed by atoms with E-state index >= 15 is 0 Å². The van der Waals surface area contributed by atoms with Gasteiger partial charge in [-0.15, -0.1) is 0 Å². The van der Waals surface area contributed by atoms with E-state index in [0.29, 0.717) is 5.88 Å². The SMILES string of the molecule is CNCc1ccc(Oc2ccc(C)c(C)c2)nc1C. The highest BCUT2D eigenvalue weighted by Crippen LogP contribution is 2.23. The van der Waals surface area contributed by atoms with Gasteiger partial charge in [0.15, 0.2) is 0 Å². The number of pyridine rings is 1. The van der Waals surface area contributed by atoms with Crippen molar-refractivity contribution in [3.8, 4) is 11.6 Å². The molecule has 0 aliphatic heterocycles. The third-order valence-electron chi connectivity index (χ3n) is 3.24. The van der Waals surface area contributed by atoms with Gasteiger partial charge in [0.1, 0.15) is 5.75 Å². The number of nitrogens with zero attached hydrogens (tertiary/aromatic N) is 1. The Morgan fingerprint density at radius 2 is 1.84 bits per heavy atom. The van der Waals surface area contributed by atoms with Gasteiger partial charge in [-0.2, -0.15) is 0 Å². The summed E-state index contributed by atoms with van der Waals surface area (Å²) in [6.07, 6.45) is 0. The summed E-state index contributed by atoms with van der Waals surface area (Å²) in [5.74, 6) is 1.47. The predicted octanol–water partition coefficient (Wildman–Crippen LogP) is 3.52. The number of benzene rings is 1. The Balaban J connectivity index is 2.19. The van der Waals surface area contributed by atoms with Crippen LogP contribution in [-0.2, 0) is 6.54 Å². The molecule has 1 aromatic carbocycles. The fraction of sp³-hybridized carbons (Fsp3) is 0.312. The van der Waals surface area contributed by atoms with E-state index in [9.17, 15) is 0 Å². The Hall–Kier alpha value is -1.87. The lowest BCUT2D eigenvalue weighted by molar-refractivity contribution is 0.460. The molecule has 19 heavy (non-hydrogen) atoms. The molecule has 3 nitrogen and oxygen atoms in total. The number of nitrogens with one attached hydrogen (secondary N) is 1. The van der Waals surface area contributed by atoms with Gasteiger partial charge < -0.3 is 10.1 Å². The first-order chi connectivity index (χ1) is 9.10. The van der Waals surface area contributed by atoms with Gasteiger partial charge >= 0.3 is 0 Å². The van der Waals surface area contributed by atoms with Gasteiger partial charge in [-0.25, -0.2) is 4.98 Å². The van der Waals surface area contributed by atoms with E-state index in [0.717, 1.165) is 18.0 Å². The summed E-state index contributed by atoms with van der Waals surface area (Å²) in [5.41, 5.74) is 4.67. The molecule has 0 spiro atoms. The molecule has 0 radical (unpaired) electrons. The van der Waals surface area contributed by atoms with Gasteiger partial charge in [0, 0.05) is 18.3 Å². The lowest BCUT2D eigenvalue weighted by atomic mass is 10.1. The van der Waals surface area contributed by atoms with Crippen molar-refractivity contribution in [3.63, 3.8) is 0 Å². The zero-order valence-electron chi connectivity index (χ0n) is 11.9. The van der Waals surface area contributed by atoms with Crippen LogP contribution in [-0.4, -0.2) is 12.0 Å². The van der Waals surface area contributed by atoms with Crippen molar-refractivity contribution in [2.24, 2.45) is 0 Å². The second kappa shape index (κ2) is 5.85. The maximum atomic E-state index is 5.80. The molecule has 2 aromatic rings. The Bertz CT molecular complexity index is 579. The minimum absolute atomic E-state index is 0.639. The van der Waals surface area contributed by atoms with E-state index in [-0.39, 0.29) is 0 Å². The third kappa shape index (κ3) is 3.32. The molecule has 0 aliphatic rings. The van der Waals surface area contributed by atoms with Crippen LogP contribution in [0.3, 0.4) is 0 Å². The molecule has 0 fully saturated rings. The van der Waals surface area contributed by atoms with Crippen molar-refractivity contribution >= 4 is 0 Å². The number of rotatable bonds is 4. The van der Waals surface area contributed by atoms with E-state index in [4.69, 9.17) is 4.74 Å². The summed E-state index contributed by atoms with van der Waals surface area (Å²) >= 11 is 0. The highest BCUT2D eigenvalue weighted by atomic mass is 16.5. The zero-order valence-corrected chi connectivity index (χ0v) is 11.9. The first kappa shape index (κ1) is 13.6. The monoisotopic (exact) mass is 256 g/mol. The van der Waals surface area contributed by atoms with Crippen LogP contribution in [0, 0.1) is 20.8 Å². The first-order valence-corrected chi connectivity index (χ1v) is 6.46. The third-order valence-corrected chi connectivity index (χ3v) is 3.24. The molecule has 3 heteroatoms. The maximum absolute atomic E-state index is 5.80. The molecule has 0 saturated carbocycles. The molecule has 0 aliphatic carbocycles. The van der Waals surface area contributed by atoms with Gasteiger partial charge in [0.25, 0.3) is 0 Å². The van der Waals surface area contributed by atoms with Crippen molar-refractivity contribution in [3.05, 3.63) is 52.7 Å². The Kier molecular flexibility index (Phi) is 4.17. The fourth-order valence-corrected chi connectivity index (χ4v) is 1.90. The van der Waals surface area contributed by atoms with Gasteiger partial charge in [-0.05, 0) is 56.6 Å². The van der Waals surface area contributed by atoms with Crippen LogP contribution in [0.1, 0.15) is 22.4 Å². The first-order valence-electron chi connectivity index (χ1n) is 6.46. The highest BCUT2D eigenvalue weighted by molar-refractivity contribution is 5.36. The smallest absolute Gasteiger partial charge is 0.219 e. The second-order valence-electron chi connectivity index (χ2n) is 4.77. The molecule has 1 aromatic heterocycles. The van der Waals surface area contributed by atoms with E-state index in [1.807, 2.05) is 32.2 Å². The van der Waals surface area contributed by atoms with Crippen LogP contribution in [0.4, 0.5) is 0 Å². The molecule has 2 rings (SSSR count). The number of aryl methyl sites for hydroxylation is 3. The fourth-order valence-electron chi connectivity index (χ4n) is 1.90. The van der Waals surface area contributed by atoms with Crippen molar-refractivity contribution < 1.29 is 4.74 Å². The number of ether oxygens (including phenoxy) is 1. The Morgan fingerprint density at radius 3 is 2.47 bits per heavy atom. The standard InChI is InChI=1S/C16H20N2O/c1-11-5-7-15(9-12(11)2)19-16-8-6-14(10-17-4)13(3)18-16/h5-9,17H,10H2,1-4H3. The van der Waals surface area contributed by atoms with Crippen molar-refractivity contribution in [2.45, 2.75) is 27.3 Å². The molecule has 0 unspecified atom stereocenters. The van der Waals surface area contributed by atoms with E-state index in [1.165, 1.54) is 16.7 Å². The zero-order chi connectivity index (χ0) is 13.8. The van der Waals surface area contributed by atoms with Crippen LogP contribution in [0.5, 0.6) is 11.6 Å². The largest absolute Gasteiger partial charge is 0.439 e. The quantitative estimate of drug-likeness (QED) is 0.908. The van der Waals surface area contributed by atoms with Crippen LogP contribution >= 0.6 is 0 Å². The van der Waals surface area contributed by atoms with Crippen molar-refractivity contribution in [1.82, 2.24) is 10.3 Å². The summed E-state index contributed by atoms with van der Waals surface area (Å²) in [7, 11) is 1.93. The second-order valence-corrected chi connectivity index (χ2v) is 4.77. The minimum Gasteiger partial charge on any atom is -0.439 e. The predicted molar refractivity (Wildman–Crippen MR) is 77.7 cm³/mol. The summed E-state index contributed by atoms with van der Waals surface area (Å²) in [6, 6.07) is 10.0. The molecule has 1 N–H and O–H groups in total. The lowest BCUT2D eigenvalue weighted by Crippen LogP contribution is -2.07. The normalized spacial score (nSPS) is 10.5. The van der Waals surface area contributed by atoms with E-state index in [2.05, 4.69) is 36.3 Å². The molecular weight excluding hydrogens is 236 g/mol. The molecule has 1 heterocycles. The maximum Gasteiger partial charge on any atom is 0.219 e. The van der Waals surface area contributed by atoms with E-state index < -0.39 is 0 Å². The molecule has 0 amide bonds. The lowest BCUT2D eigenvalue weighted by Gasteiger charge is -2.10. The van der Waals surface area contributed by atoms with Gasteiger partial charge in [0.05, 0.1) is 0 Å². The van der Waals surface area contributed by atoms with Crippen molar-refractivity contribution in [1.29, 1.82) is 0 Å². The molecule has 0 atom stereocenters. The van der Waals surface area contributed by atoms with Crippen LogP contribution < -0.4 is 10.1 Å². The summed E-state index contributed by atoms with van der Waals surface area (Å²) in [4.78, 5) is 4.48. The van der Waals surface area contributed by atoms with Crippen LogP contribution in [0.25, 0.3) is 0 Å². The highest BCUT2D eigenvalue weighted by Gasteiger charge is 2.04. The van der Waals surface area contributed by atoms with Gasteiger partial charge in [-0.3, -0.25) is 0 Å². The van der Waals surface area contributed by atoms with Crippen LogP contribution in [0.2, 0.25) is 0 Å². The number of hydrogen-bond acceptors (Lipinski definition) is 3. The van der Waals surface area contributed by atoms with E-state index in [1.54, 1.807) is 0 Å². The summed E-state index contributed by atoms with van der Waals surface area (Å²) in [5, 5.41) is 3.13. The minimum atomic E-state index is 0.639. The van der Waals surface area contributed by atoms with Gasteiger partial charge in [0.2, 0.25) is 5.88 Å². The Labute approximate surface area is 114 Å². The van der Waals surface area contributed by atoms with Gasteiger partial charge in [-0.1, -0.05) is 12.1 Å². The average molecular weight is 256 g/mol. The topological polar surface area (TPSA) is 34.1 Å². The molecular formula is C16H20N2O. The Morgan fingerprint density at radius 1 is 1.05 bits per heavy atom. The number of aromatic nitrogens is 1. The molecule has 0 bridgehead atoms. The average Bonchev–Trinajstić information content (AvgIpc) is 2.37. The molecule has 100 valence electrons. The number of hydrogen-bond donors (Lipinski definition) is 1. The summed E-state index contributed by atoms with van der Waals surface area (Å²) in [6.45, 7) is 6.99. The summed E-state index contributed by atoms with van der Waals surface area (Å²) < 4.78 is 5.80. The van der Waals surface area contributed by atoms with Crippen LogP contribution in [0.15, 0.2) is 30.3 Å². The van der Waals surface area contributed by atoms with Crippen molar-refractivity contribution in [2.75, 3.05) is 7.05 Å².